The van der Waals surface area contributed by atoms with E-state index in [9.17, 15) is 4.39 Å². The standard InChI is InChI=1S/C15H17FN2/c1-10-8-11(2)14(12(16)9-10)15(17-3)13-6-4-5-7-18-13/h4-9,15,17H,1-3H3. The molecule has 0 saturated heterocycles. The lowest BCUT2D eigenvalue weighted by molar-refractivity contribution is 0.566. The summed E-state index contributed by atoms with van der Waals surface area (Å²) in [6, 6.07) is 9.01. The fourth-order valence-electron chi connectivity index (χ4n) is 2.28. The first-order valence-electron chi connectivity index (χ1n) is 5.98. The van der Waals surface area contributed by atoms with Crippen molar-refractivity contribution in [3.05, 3.63) is 64.7 Å². The molecule has 0 radical (unpaired) electrons. The number of aromatic nitrogens is 1. The van der Waals surface area contributed by atoms with Gasteiger partial charge in [-0.1, -0.05) is 12.1 Å². The minimum absolute atomic E-state index is 0.183. The molecule has 0 fully saturated rings. The van der Waals surface area contributed by atoms with E-state index in [-0.39, 0.29) is 11.9 Å². The van der Waals surface area contributed by atoms with Crippen molar-refractivity contribution in [3.8, 4) is 0 Å². The van der Waals surface area contributed by atoms with Gasteiger partial charge < -0.3 is 5.32 Å². The zero-order valence-electron chi connectivity index (χ0n) is 10.9. The van der Waals surface area contributed by atoms with Gasteiger partial charge in [-0.25, -0.2) is 4.39 Å². The highest BCUT2D eigenvalue weighted by molar-refractivity contribution is 5.38. The predicted molar refractivity (Wildman–Crippen MR) is 71.0 cm³/mol. The van der Waals surface area contributed by atoms with Crippen molar-refractivity contribution in [2.75, 3.05) is 7.05 Å². The minimum Gasteiger partial charge on any atom is -0.308 e. The Morgan fingerprint density at radius 2 is 2.00 bits per heavy atom. The molecule has 0 bridgehead atoms. The SMILES string of the molecule is CNC(c1ccccn1)c1c(C)cc(C)cc1F. The summed E-state index contributed by atoms with van der Waals surface area (Å²) in [6.45, 7) is 3.83. The van der Waals surface area contributed by atoms with E-state index < -0.39 is 0 Å². The van der Waals surface area contributed by atoms with Crippen molar-refractivity contribution in [3.63, 3.8) is 0 Å². The molecule has 0 aliphatic carbocycles. The van der Waals surface area contributed by atoms with Gasteiger partial charge in [0.2, 0.25) is 0 Å². The maximum absolute atomic E-state index is 14.2. The molecule has 0 saturated carbocycles. The van der Waals surface area contributed by atoms with E-state index in [1.54, 1.807) is 12.3 Å². The van der Waals surface area contributed by atoms with Gasteiger partial charge in [0.25, 0.3) is 0 Å². The molecule has 1 N–H and O–H groups in total. The van der Waals surface area contributed by atoms with Crippen LogP contribution in [0, 0.1) is 19.7 Å². The fraction of sp³-hybridized carbons (Fsp3) is 0.267. The van der Waals surface area contributed by atoms with Gasteiger partial charge in [-0.05, 0) is 50.2 Å². The van der Waals surface area contributed by atoms with Crippen LogP contribution in [0.1, 0.15) is 28.4 Å². The number of pyridine rings is 1. The maximum Gasteiger partial charge on any atom is 0.128 e. The summed E-state index contributed by atoms with van der Waals surface area (Å²) >= 11 is 0. The number of nitrogens with zero attached hydrogens (tertiary/aromatic N) is 1. The van der Waals surface area contributed by atoms with E-state index in [2.05, 4.69) is 10.3 Å². The highest BCUT2D eigenvalue weighted by Crippen LogP contribution is 2.26. The number of halogens is 1. The molecule has 1 aromatic carbocycles. The second-order valence-electron chi connectivity index (χ2n) is 4.45. The third-order valence-corrected chi connectivity index (χ3v) is 3.04. The van der Waals surface area contributed by atoms with Gasteiger partial charge >= 0.3 is 0 Å². The Hall–Kier alpha value is -1.74. The molecule has 2 nitrogen and oxygen atoms in total. The summed E-state index contributed by atoms with van der Waals surface area (Å²) in [5.74, 6) is -0.183. The predicted octanol–water partition coefficient (Wildman–Crippen LogP) is 3.15. The van der Waals surface area contributed by atoms with Crippen molar-refractivity contribution >= 4 is 0 Å². The molecule has 0 amide bonds. The first kappa shape index (κ1) is 12.7. The monoisotopic (exact) mass is 244 g/mol. The molecule has 0 spiro atoms. The normalized spacial score (nSPS) is 12.4. The Balaban J connectivity index is 2.52. The van der Waals surface area contributed by atoms with Gasteiger partial charge in [0, 0.05) is 11.8 Å². The van der Waals surface area contributed by atoms with Gasteiger partial charge in [-0.2, -0.15) is 0 Å². The van der Waals surface area contributed by atoms with Crippen LogP contribution in [0.5, 0.6) is 0 Å². The molecule has 94 valence electrons. The van der Waals surface area contributed by atoms with Crippen molar-refractivity contribution in [1.82, 2.24) is 10.3 Å². The summed E-state index contributed by atoms with van der Waals surface area (Å²) in [4.78, 5) is 4.30. The Morgan fingerprint density at radius 3 is 2.56 bits per heavy atom. The van der Waals surface area contributed by atoms with Gasteiger partial charge in [0.05, 0.1) is 11.7 Å². The van der Waals surface area contributed by atoms with Crippen LogP contribution in [-0.2, 0) is 0 Å². The highest BCUT2D eigenvalue weighted by Gasteiger charge is 2.19. The Bertz CT molecular complexity index is 514. The average Bonchev–Trinajstić information content (AvgIpc) is 2.34. The topological polar surface area (TPSA) is 24.9 Å². The van der Waals surface area contributed by atoms with Gasteiger partial charge in [-0.3, -0.25) is 4.98 Å². The molecule has 1 heterocycles. The van der Waals surface area contributed by atoms with Crippen LogP contribution >= 0.6 is 0 Å². The number of nitrogens with one attached hydrogen (secondary N) is 1. The van der Waals surface area contributed by atoms with Crippen LogP contribution in [0.2, 0.25) is 0 Å². The van der Waals surface area contributed by atoms with E-state index in [4.69, 9.17) is 0 Å². The van der Waals surface area contributed by atoms with E-state index in [1.807, 2.05) is 45.2 Å². The first-order chi connectivity index (χ1) is 8.63. The third-order valence-electron chi connectivity index (χ3n) is 3.04. The summed E-state index contributed by atoms with van der Waals surface area (Å²) in [6.07, 6.45) is 1.72. The van der Waals surface area contributed by atoms with Gasteiger partial charge in [0.1, 0.15) is 5.82 Å². The first-order valence-corrected chi connectivity index (χ1v) is 5.98. The Labute approximate surface area is 107 Å². The molecule has 2 aromatic rings. The molecule has 1 unspecified atom stereocenters. The molecular weight excluding hydrogens is 227 g/mol. The molecule has 1 aromatic heterocycles. The van der Waals surface area contributed by atoms with Crippen LogP contribution in [0.25, 0.3) is 0 Å². The van der Waals surface area contributed by atoms with E-state index >= 15 is 0 Å². The molecule has 2 rings (SSSR count). The number of benzene rings is 1. The lowest BCUT2D eigenvalue weighted by atomic mass is 9.96. The number of rotatable bonds is 3. The number of hydrogen-bond donors (Lipinski definition) is 1. The number of aryl methyl sites for hydroxylation is 2. The molecule has 0 aliphatic heterocycles. The Kier molecular flexibility index (Phi) is 3.72. The van der Waals surface area contributed by atoms with Gasteiger partial charge in [-0.15, -0.1) is 0 Å². The van der Waals surface area contributed by atoms with E-state index in [0.717, 1.165) is 16.8 Å². The molecular formula is C15H17FN2. The zero-order chi connectivity index (χ0) is 13.1. The van der Waals surface area contributed by atoms with Crippen LogP contribution in [0.15, 0.2) is 36.5 Å². The molecule has 0 aliphatic rings. The highest BCUT2D eigenvalue weighted by atomic mass is 19.1. The van der Waals surface area contributed by atoms with Crippen LogP contribution in [-0.4, -0.2) is 12.0 Å². The summed E-state index contributed by atoms with van der Waals surface area (Å²) < 4.78 is 14.2. The lowest BCUT2D eigenvalue weighted by Crippen LogP contribution is -2.21. The quantitative estimate of drug-likeness (QED) is 0.897. The van der Waals surface area contributed by atoms with E-state index in [0.29, 0.717) is 5.56 Å². The molecule has 3 heteroatoms. The summed E-state index contributed by atoms with van der Waals surface area (Å²) in [5.41, 5.74) is 3.37. The number of hydrogen-bond acceptors (Lipinski definition) is 2. The smallest absolute Gasteiger partial charge is 0.128 e. The van der Waals surface area contributed by atoms with Gasteiger partial charge in [0.15, 0.2) is 0 Å². The maximum atomic E-state index is 14.2. The second-order valence-corrected chi connectivity index (χ2v) is 4.45. The van der Waals surface area contributed by atoms with Crippen LogP contribution in [0.3, 0.4) is 0 Å². The van der Waals surface area contributed by atoms with Crippen molar-refractivity contribution in [2.45, 2.75) is 19.9 Å². The molecule has 1 atom stereocenters. The van der Waals surface area contributed by atoms with Crippen LogP contribution < -0.4 is 5.32 Å². The van der Waals surface area contributed by atoms with E-state index in [1.165, 1.54) is 0 Å². The fourth-order valence-corrected chi connectivity index (χ4v) is 2.28. The zero-order valence-corrected chi connectivity index (χ0v) is 10.9. The van der Waals surface area contributed by atoms with Crippen LogP contribution in [0.4, 0.5) is 4.39 Å². The third kappa shape index (κ3) is 2.41. The van der Waals surface area contributed by atoms with Crippen molar-refractivity contribution in [1.29, 1.82) is 0 Å². The minimum atomic E-state index is -0.216. The Morgan fingerprint density at radius 1 is 1.22 bits per heavy atom. The second kappa shape index (κ2) is 5.27. The summed E-state index contributed by atoms with van der Waals surface area (Å²) in [5, 5.41) is 3.13. The summed E-state index contributed by atoms with van der Waals surface area (Å²) in [7, 11) is 1.82. The average molecular weight is 244 g/mol. The van der Waals surface area contributed by atoms with Crippen molar-refractivity contribution in [2.24, 2.45) is 0 Å². The molecule has 18 heavy (non-hydrogen) atoms. The van der Waals surface area contributed by atoms with Crippen molar-refractivity contribution < 1.29 is 4.39 Å². The lowest BCUT2D eigenvalue weighted by Gasteiger charge is -2.19. The largest absolute Gasteiger partial charge is 0.308 e.